The van der Waals surface area contributed by atoms with Crippen molar-refractivity contribution in [2.24, 2.45) is 0 Å². The fourth-order valence-electron chi connectivity index (χ4n) is 3.18. The second-order valence-corrected chi connectivity index (χ2v) is 5.96. The molecule has 3 rings (SSSR count). The maximum absolute atomic E-state index is 12.8. The molecule has 0 spiro atoms. The number of benzene rings is 1. The summed E-state index contributed by atoms with van der Waals surface area (Å²) in [6.07, 6.45) is 3.59. The van der Waals surface area contributed by atoms with Crippen LogP contribution in [0.4, 0.5) is 0 Å². The summed E-state index contributed by atoms with van der Waals surface area (Å²) in [5, 5.41) is 0. The first-order valence-electron chi connectivity index (χ1n) is 8.09. The van der Waals surface area contributed by atoms with Crippen molar-refractivity contribution in [3.05, 3.63) is 53.3 Å². The molecule has 1 aromatic carbocycles. The van der Waals surface area contributed by atoms with Crippen LogP contribution >= 0.6 is 0 Å². The molecular formula is C19H22N2O3. The Morgan fingerprint density at radius 3 is 2.62 bits per heavy atom. The van der Waals surface area contributed by atoms with Crippen LogP contribution in [0.5, 0.6) is 11.5 Å². The Bertz CT molecular complexity index is 728. The molecule has 1 amide bonds. The monoisotopic (exact) mass is 326 g/mol. The number of methoxy groups -OCH3 is 2. The fourth-order valence-corrected chi connectivity index (χ4v) is 3.18. The van der Waals surface area contributed by atoms with E-state index in [1.165, 1.54) is 0 Å². The van der Waals surface area contributed by atoms with Crippen LogP contribution in [-0.4, -0.2) is 36.6 Å². The van der Waals surface area contributed by atoms with Gasteiger partial charge in [0.25, 0.3) is 5.91 Å². The van der Waals surface area contributed by atoms with Gasteiger partial charge in [0.15, 0.2) is 11.5 Å². The van der Waals surface area contributed by atoms with Crippen LogP contribution in [0.15, 0.2) is 36.5 Å². The minimum atomic E-state index is 0.0276. The molecule has 5 nitrogen and oxygen atoms in total. The number of ether oxygens (including phenoxy) is 2. The fraction of sp³-hybridized carbons (Fsp3) is 0.368. The maximum Gasteiger partial charge on any atom is 0.255 e. The summed E-state index contributed by atoms with van der Waals surface area (Å²) >= 11 is 0. The molecule has 126 valence electrons. The minimum absolute atomic E-state index is 0.0276. The maximum atomic E-state index is 12.8. The lowest BCUT2D eigenvalue weighted by Gasteiger charge is -2.25. The highest BCUT2D eigenvalue weighted by molar-refractivity contribution is 5.94. The van der Waals surface area contributed by atoms with Crippen LogP contribution in [-0.2, 0) is 0 Å². The van der Waals surface area contributed by atoms with Crippen molar-refractivity contribution in [2.45, 2.75) is 25.8 Å². The molecule has 1 aliphatic rings. The van der Waals surface area contributed by atoms with Crippen LogP contribution in [0.1, 0.15) is 40.5 Å². The third-order valence-electron chi connectivity index (χ3n) is 4.46. The quantitative estimate of drug-likeness (QED) is 0.864. The number of amides is 1. The first kappa shape index (κ1) is 16.3. The number of likely N-dealkylation sites (tertiary alicyclic amines) is 1. The van der Waals surface area contributed by atoms with Crippen LogP contribution in [0.3, 0.4) is 0 Å². The molecule has 0 unspecified atom stereocenters. The number of hydrogen-bond donors (Lipinski definition) is 0. The Morgan fingerprint density at radius 2 is 1.96 bits per heavy atom. The Hall–Kier alpha value is -2.56. The smallest absolute Gasteiger partial charge is 0.255 e. The standard InChI is InChI=1S/C19H22N2O3/c1-13-6-7-15(12-20-13)19(22)21-10-4-5-16(21)14-8-9-17(23-2)18(11-14)24-3/h6-9,11-12,16H,4-5,10H2,1-3H3/t16-/m0/s1. The van der Waals surface area contributed by atoms with Crippen LogP contribution in [0.2, 0.25) is 0 Å². The van der Waals surface area contributed by atoms with E-state index in [1.54, 1.807) is 20.4 Å². The number of aromatic nitrogens is 1. The normalized spacial score (nSPS) is 17.0. The summed E-state index contributed by atoms with van der Waals surface area (Å²) in [7, 11) is 3.24. The summed E-state index contributed by atoms with van der Waals surface area (Å²) in [5.74, 6) is 1.41. The third kappa shape index (κ3) is 3.07. The zero-order valence-corrected chi connectivity index (χ0v) is 14.3. The van der Waals surface area contributed by atoms with Gasteiger partial charge in [-0.15, -0.1) is 0 Å². The lowest BCUT2D eigenvalue weighted by molar-refractivity contribution is 0.0735. The van der Waals surface area contributed by atoms with E-state index in [0.717, 1.165) is 30.6 Å². The summed E-state index contributed by atoms with van der Waals surface area (Å²) < 4.78 is 10.7. The molecule has 0 radical (unpaired) electrons. The van der Waals surface area contributed by atoms with Crippen molar-refractivity contribution >= 4 is 5.91 Å². The second-order valence-electron chi connectivity index (χ2n) is 5.96. The highest BCUT2D eigenvalue weighted by Crippen LogP contribution is 2.37. The minimum Gasteiger partial charge on any atom is -0.493 e. The van der Waals surface area contributed by atoms with Gasteiger partial charge < -0.3 is 14.4 Å². The second kappa shape index (κ2) is 6.91. The van der Waals surface area contributed by atoms with Crippen molar-refractivity contribution in [3.8, 4) is 11.5 Å². The highest BCUT2D eigenvalue weighted by atomic mass is 16.5. The third-order valence-corrected chi connectivity index (χ3v) is 4.46. The SMILES string of the molecule is COc1ccc([C@@H]2CCCN2C(=O)c2ccc(C)nc2)cc1OC. The van der Waals surface area contributed by atoms with Gasteiger partial charge in [-0.3, -0.25) is 9.78 Å². The van der Waals surface area contributed by atoms with Gasteiger partial charge in [0.2, 0.25) is 0 Å². The lowest BCUT2D eigenvalue weighted by Crippen LogP contribution is -2.30. The van der Waals surface area contributed by atoms with Crippen molar-refractivity contribution in [3.63, 3.8) is 0 Å². The first-order valence-corrected chi connectivity index (χ1v) is 8.09. The van der Waals surface area contributed by atoms with Gasteiger partial charge in [-0.25, -0.2) is 0 Å². The topological polar surface area (TPSA) is 51.7 Å². The highest BCUT2D eigenvalue weighted by Gasteiger charge is 2.31. The number of rotatable bonds is 4. The molecule has 0 saturated carbocycles. The molecule has 0 bridgehead atoms. The average molecular weight is 326 g/mol. The van der Waals surface area contributed by atoms with Crippen LogP contribution < -0.4 is 9.47 Å². The molecule has 1 aliphatic heterocycles. The Balaban J connectivity index is 1.87. The van der Waals surface area contributed by atoms with E-state index in [1.807, 2.05) is 42.2 Å². The molecule has 1 fully saturated rings. The summed E-state index contributed by atoms with van der Waals surface area (Å²) in [4.78, 5) is 19.0. The predicted octanol–water partition coefficient (Wildman–Crippen LogP) is 3.38. The molecule has 1 aromatic heterocycles. The average Bonchev–Trinajstić information content (AvgIpc) is 3.10. The summed E-state index contributed by atoms with van der Waals surface area (Å²) in [5.41, 5.74) is 2.61. The summed E-state index contributed by atoms with van der Waals surface area (Å²) in [6, 6.07) is 9.62. The number of carbonyl (C=O) groups is 1. The molecule has 5 heteroatoms. The number of hydrogen-bond acceptors (Lipinski definition) is 4. The number of carbonyl (C=O) groups excluding carboxylic acids is 1. The van der Waals surface area contributed by atoms with Crippen molar-refractivity contribution in [1.29, 1.82) is 0 Å². The van der Waals surface area contributed by atoms with Crippen LogP contribution in [0.25, 0.3) is 0 Å². The summed E-state index contributed by atoms with van der Waals surface area (Å²) in [6.45, 7) is 2.67. The molecular weight excluding hydrogens is 304 g/mol. The van der Waals surface area contributed by atoms with Crippen molar-refractivity contribution in [2.75, 3.05) is 20.8 Å². The van der Waals surface area contributed by atoms with E-state index in [-0.39, 0.29) is 11.9 Å². The van der Waals surface area contributed by atoms with Gasteiger partial charge in [-0.2, -0.15) is 0 Å². The predicted molar refractivity (Wildman–Crippen MR) is 91.5 cm³/mol. The van der Waals surface area contributed by atoms with E-state index >= 15 is 0 Å². The molecule has 1 atom stereocenters. The van der Waals surface area contributed by atoms with E-state index in [4.69, 9.17) is 9.47 Å². The molecule has 24 heavy (non-hydrogen) atoms. The molecule has 0 aliphatic carbocycles. The Labute approximate surface area is 142 Å². The van der Waals surface area contributed by atoms with Crippen molar-refractivity contribution < 1.29 is 14.3 Å². The first-order chi connectivity index (χ1) is 11.6. The Kier molecular flexibility index (Phi) is 4.69. The number of aryl methyl sites for hydroxylation is 1. The largest absolute Gasteiger partial charge is 0.493 e. The van der Waals surface area contributed by atoms with E-state index in [2.05, 4.69) is 4.98 Å². The number of nitrogens with zero attached hydrogens (tertiary/aromatic N) is 2. The van der Waals surface area contributed by atoms with Crippen LogP contribution in [0, 0.1) is 6.92 Å². The van der Waals surface area contributed by atoms with Gasteiger partial charge in [0.1, 0.15) is 0 Å². The zero-order chi connectivity index (χ0) is 17.1. The Morgan fingerprint density at radius 1 is 1.17 bits per heavy atom. The van der Waals surface area contributed by atoms with E-state index in [9.17, 15) is 4.79 Å². The van der Waals surface area contributed by atoms with Gasteiger partial charge >= 0.3 is 0 Å². The van der Waals surface area contributed by atoms with E-state index in [0.29, 0.717) is 17.1 Å². The molecule has 2 aromatic rings. The molecule has 1 saturated heterocycles. The molecule has 0 N–H and O–H groups in total. The van der Waals surface area contributed by atoms with E-state index < -0.39 is 0 Å². The van der Waals surface area contributed by atoms with Gasteiger partial charge in [-0.1, -0.05) is 6.07 Å². The zero-order valence-electron chi connectivity index (χ0n) is 14.3. The van der Waals surface area contributed by atoms with Crippen molar-refractivity contribution in [1.82, 2.24) is 9.88 Å². The molecule has 2 heterocycles. The van der Waals surface area contributed by atoms with Gasteiger partial charge in [-0.05, 0) is 49.6 Å². The number of pyridine rings is 1. The lowest BCUT2D eigenvalue weighted by atomic mass is 10.0. The van der Waals surface area contributed by atoms with Gasteiger partial charge in [0.05, 0.1) is 25.8 Å². The van der Waals surface area contributed by atoms with Gasteiger partial charge in [0, 0.05) is 18.4 Å².